The lowest BCUT2D eigenvalue weighted by Crippen LogP contribution is -2.30. The number of carboxylic acids is 1. The molecule has 2 aliphatic heterocycles. The number of nitrogens with one attached hydrogen (secondary N) is 1. The third-order valence-electron chi connectivity index (χ3n) is 12.2. The molecular weight excluding hydrogens is 1100 g/mol. The van der Waals surface area contributed by atoms with Crippen LogP contribution in [0, 0.1) is 27.4 Å². The van der Waals surface area contributed by atoms with E-state index >= 15 is 0 Å². The second kappa shape index (κ2) is 23.4. The Kier molecular flexibility index (Phi) is 17.7. The van der Waals surface area contributed by atoms with Crippen molar-refractivity contribution in [1.82, 2.24) is 19.4 Å². The van der Waals surface area contributed by atoms with Crippen LogP contribution in [-0.2, 0) is 42.9 Å². The van der Waals surface area contributed by atoms with Crippen molar-refractivity contribution in [2.45, 2.75) is 58.3 Å². The molecule has 9 N–H and O–H groups in total. The number of carbonyl (C=O) groups excluding carboxylic acids is 1. The van der Waals surface area contributed by atoms with Gasteiger partial charge in [0.25, 0.3) is 11.6 Å². The van der Waals surface area contributed by atoms with Crippen LogP contribution in [0.2, 0.25) is 0 Å². The monoisotopic (exact) mass is 1150 g/mol. The number of aliphatic hydroxyl groups is 1. The molecule has 4 aromatic rings. The molecule has 420 valence electrons. The Bertz CT molecular complexity index is 3710. The van der Waals surface area contributed by atoms with Crippen molar-refractivity contribution in [3.8, 4) is 34.3 Å². The van der Waals surface area contributed by atoms with Gasteiger partial charge in [0.2, 0.25) is 5.36 Å². The Morgan fingerprint density at radius 3 is 2.35 bits per heavy atom. The number of anilines is 2. The highest BCUT2D eigenvalue weighted by atomic mass is 31.3. The molecule has 1 fully saturated rings. The van der Waals surface area contributed by atoms with Crippen LogP contribution in [0.4, 0.5) is 17.2 Å². The Morgan fingerprint density at radius 2 is 1.71 bits per heavy atom. The van der Waals surface area contributed by atoms with Crippen molar-refractivity contribution >= 4 is 63.5 Å². The topological polar surface area (TPSA) is 388 Å². The van der Waals surface area contributed by atoms with Crippen LogP contribution in [0.1, 0.15) is 76.9 Å². The third kappa shape index (κ3) is 14.4. The summed E-state index contributed by atoms with van der Waals surface area (Å²) in [5, 5.41) is 37.8. The van der Waals surface area contributed by atoms with E-state index in [0.29, 0.717) is 27.9 Å². The van der Waals surface area contributed by atoms with Gasteiger partial charge in [-0.2, -0.15) is 13.6 Å². The molecule has 0 radical (unpaired) electrons. The average Bonchev–Trinajstić information content (AvgIpc) is 3.72. The number of ether oxygens (including phenoxy) is 2. The molecule has 0 saturated carbocycles. The predicted octanol–water partition coefficient (Wildman–Crippen LogP) is 5.12. The van der Waals surface area contributed by atoms with Gasteiger partial charge in [-0.3, -0.25) is 24.0 Å². The molecule has 3 aliphatic rings. The number of amides is 1. The highest BCUT2D eigenvalue weighted by Crippen LogP contribution is 2.66. The lowest BCUT2D eigenvalue weighted by atomic mass is 9.83. The highest BCUT2D eigenvalue weighted by Gasteiger charge is 2.43. The first kappa shape index (κ1) is 59.7. The zero-order valence-electron chi connectivity index (χ0n) is 43.2. The smallest absolute Gasteiger partial charge is 0.478 e. The molecule has 7 rings (SSSR count). The number of nitro groups is 1. The maximum Gasteiger partial charge on any atom is 0.490 e. The Labute approximate surface area is 449 Å². The number of aromatic nitrogens is 2. The van der Waals surface area contributed by atoms with Gasteiger partial charge in [0.15, 0.2) is 0 Å². The minimum absolute atomic E-state index is 0.0501. The number of fused-ring (bicyclic) bond motifs is 2. The number of carbonyl (C=O) groups is 2. The molecule has 0 spiro atoms. The predicted molar refractivity (Wildman–Crippen MR) is 283 cm³/mol. The van der Waals surface area contributed by atoms with Crippen LogP contribution in [0.3, 0.4) is 0 Å². The zero-order valence-corrected chi connectivity index (χ0v) is 45.9. The molecule has 0 bridgehead atoms. The first-order valence-corrected chi connectivity index (χ1v) is 28.1. The van der Waals surface area contributed by atoms with Crippen LogP contribution in [-0.4, -0.2) is 110 Å². The first-order valence-electron chi connectivity index (χ1n) is 23.5. The lowest BCUT2D eigenvalue weighted by Gasteiger charge is -2.31. The Hall–Kier alpha value is -6.98. The van der Waals surface area contributed by atoms with Crippen LogP contribution >= 0.6 is 23.5 Å². The van der Waals surface area contributed by atoms with E-state index < -0.39 is 82.5 Å². The van der Waals surface area contributed by atoms with E-state index in [2.05, 4.69) is 35.3 Å². The normalized spacial score (nSPS) is 17.5. The number of aromatic carboxylic acids is 1. The van der Waals surface area contributed by atoms with Gasteiger partial charge in [0.1, 0.15) is 43.6 Å². The van der Waals surface area contributed by atoms with Crippen molar-refractivity contribution in [3.05, 3.63) is 133 Å². The number of hydrogen-bond donors (Lipinski definition) is 8. The minimum atomic E-state index is -5.83. The van der Waals surface area contributed by atoms with Crippen molar-refractivity contribution in [2.24, 2.45) is 5.41 Å². The summed E-state index contributed by atoms with van der Waals surface area (Å²) >= 11 is 0. The van der Waals surface area contributed by atoms with Crippen molar-refractivity contribution in [1.29, 1.82) is 0 Å². The number of phosphoric acid groups is 3. The SMILES string of the molecule is CN(C)c1ccc2c(-c3cc(C(=O)NCC#Cc4ccc([C@@H](OCc5cn([C@H]6C[C@H](O)[C@@H](COP(=O)(O)OP(=O)(O)OP(=O)(O)O)O6)c(=O)nc5N)C(C)(C)C)c([N+](=O)[O-])c4)ccc3C(=O)O)c3ccc(=[N+](C)C)cc-3oc2c1. The maximum atomic E-state index is 13.7. The summed E-state index contributed by atoms with van der Waals surface area (Å²) in [7, 11) is -9.53. The first-order chi connectivity index (χ1) is 36.8. The number of phosphoric ester groups is 1. The van der Waals surface area contributed by atoms with E-state index in [4.69, 9.17) is 29.4 Å². The summed E-state index contributed by atoms with van der Waals surface area (Å²) in [6.07, 6.45) is -4.43. The molecule has 3 aromatic carbocycles. The molecule has 6 atom stereocenters. The minimum Gasteiger partial charge on any atom is -0.478 e. The second-order valence-corrected chi connectivity index (χ2v) is 23.8. The van der Waals surface area contributed by atoms with Gasteiger partial charge >= 0.3 is 35.1 Å². The van der Waals surface area contributed by atoms with Gasteiger partial charge in [-0.05, 0) is 59.5 Å². The number of hydrogen-bond acceptors (Lipinski definition) is 18. The van der Waals surface area contributed by atoms with Crippen LogP contribution < -0.4 is 31.6 Å². The number of rotatable bonds is 18. The third-order valence-corrected chi connectivity index (χ3v) is 16.0. The largest absolute Gasteiger partial charge is 0.490 e. The fourth-order valence-corrected chi connectivity index (χ4v) is 11.5. The molecule has 2 unspecified atom stereocenters. The summed E-state index contributed by atoms with van der Waals surface area (Å²) in [4.78, 5) is 94.0. The van der Waals surface area contributed by atoms with E-state index in [-0.39, 0.29) is 64.5 Å². The number of nitro benzene ring substituents is 1. The fraction of sp³-hybridized carbons (Fsp3) is 0.327. The molecule has 30 heteroatoms. The van der Waals surface area contributed by atoms with Crippen molar-refractivity contribution in [3.63, 3.8) is 0 Å². The summed E-state index contributed by atoms with van der Waals surface area (Å²) in [6.45, 7) is 3.69. The number of aliphatic hydroxyl groups excluding tert-OH is 1. The van der Waals surface area contributed by atoms with E-state index in [1.165, 1.54) is 42.6 Å². The van der Waals surface area contributed by atoms with Gasteiger partial charge in [-0.25, -0.2) is 27.9 Å². The summed E-state index contributed by atoms with van der Waals surface area (Å²) in [5.74, 6) is 4.07. The number of nitrogens with two attached hydrogens (primary N) is 1. The van der Waals surface area contributed by atoms with Gasteiger partial charge in [0, 0.05) is 83.8 Å². The van der Waals surface area contributed by atoms with E-state index in [1.54, 1.807) is 20.8 Å². The molecule has 1 aliphatic carbocycles. The highest BCUT2D eigenvalue weighted by molar-refractivity contribution is 7.66. The average molecular weight is 1150 g/mol. The van der Waals surface area contributed by atoms with Crippen LogP contribution in [0.15, 0.2) is 88.2 Å². The van der Waals surface area contributed by atoms with Crippen molar-refractivity contribution < 1.29 is 85.0 Å². The number of nitrogens with zero attached hydrogens (tertiary/aromatic N) is 5. The van der Waals surface area contributed by atoms with E-state index in [0.717, 1.165) is 15.6 Å². The summed E-state index contributed by atoms with van der Waals surface area (Å²) in [5.41, 5.74) is 7.28. The number of benzene rings is 4. The molecule has 79 heavy (non-hydrogen) atoms. The molecule has 3 heterocycles. The molecule has 1 saturated heterocycles. The lowest BCUT2D eigenvalue weighted by molar-refractivity contribution is -0.386. The standard InChI is InChI=1S/C49H54N7O20P3/c1-49(2,3)44(71-25-29-24-55(48(61)52-45(29)50)42-23-38(57)41(74-42)26-72-78(67,68)76-79(69,70)75-77(64,65)66)33-14-10-27(19-37(33)56(62)63)9-8-18-51-46(58)28-11-15-32(47(59)60)36(20-28)43-34-16-12-30(53(4)5)21-39(34)73-40-22-31(54(6)7)13-17-35(40)43/h10-17,19-22,24,38,41-42,44,57H,18,23,25-26H2,1-7H3,(H7-,50,51,52,58,59,60,61,64,65,66,67,68,69,70)/p+1/t38-,41+,42+,44+/m0/s1. The van der Waals surface area contributed by atoms with Gasteiger partial charge < -0.3 is 59.6 Å². The van der Waals surface area contributed by atoms with E-state index in [9.17, 15) is 58.2 Å². The van der Waals surface area contributed by atoms with Gasteiger partial charge in [-0.15, -0.1) is 0 Å². The fourth-order valence-electron chi connectivity index (χ4n) is 8.49. The second-order valence-electron chi connectivity index (χ2n) is 19.4. The molecular formula is C49H55N7O20P3+. The maximum absolute atomic E-state index is 13.7. The van der Waals surface area contributed by atoms with Crippen LogP contribution in [0.5, 0.6) is 0 Å². The zero-order chi connectivity index (χ0) is 58.1. The van der Waals surface area contributed by atoms with E-state index in [1.807, 2.05) is 74.1 Å². The van der Waals surface area contributed by atoms with Crippen LogP contribution in [0.25, 0.3) is 33.4 Å². The Morgan fingerprint density at radius 1 is 0.987 bits per heavy atom. The number of nitrogen functional groups attached to an aromatic ring is 1. The van der Waals surface area contributed by atoms with Gasteiger partial charge in [-0.1, -0.05) is 32.6 Å². The quantitative estimate of drug-likeness (QED) is 0.0138. The summed E-state index contributed by atoms with van der Waals surface area (Å²) < 4.78 is 68.0. The van der Waals surface area contributed by atoms with Gasteiger partial charge in [0.05, 0.1) is 54.1 Å². The molecule has 1 aromatic heterocycles. The Balaban J connectivity index is 1.07. The van der Waals surface area contributed by atoms with Crippen molar-refractivity contribution in [2.75, 3.05) is 52.0 Å². The molecule has 1 amide bonds. The molecule has 27 nitrogen and oxygen atoms in total. The number of carboxylic acid groups (broad SMARTS) is 1. The summed E-state index contributed by atoms with van der Waals surface area (Å²) in [6, 6.07) is 19.6.